The molecule has 2 N–H and O–H groups in total. The van der Waals surface area contributed by atoms with Gasteiger partial charge < -0.3 is 5.11 Å². The summed E-state index contributed by atoms with van der Waals surface area (Å²) in [6.45, 7) is 0. The first-order valence-electron chi connectivity index (χ1n) is 5.93. The van der Waals surface area contributed by atoms with Gasteiger partial charge in [0.1, 0.15) is 5.69 Å². The summed E-state index contributed by atoms with van der Waals surface area (Å²) in [5.41, 5.74) is -0.599. The Morgan fingerprint density at radius 3 is 2.52 bits per heavy atom. The van der Waals surface area contributed by atoms with Crippen LogP contribution in [0.5, 0.6) is 5.88 Å². The number of aromatic hydroxyl groups is 1. The molecule has 0 aliphatic heterocycles. The van der Waals surface area contributed by atoms with Gasteiger partial charge in [0.25, 0.3) is 5.56 Å². The SMILES string of the molecule is Cn1c(=O)[nH]c(=O)c2nc(-c3ccc(Cl)cc3)c(O)nc21. The third kappa shape index (κ3) is 2.17. The van der Waals surface area contributed by atoms with Crippen molar-refractivity contribution in [3.8, 4) is 17.1 Å². The van der Waals surface area contributed by atoms with Crippen LogP contribution in [0.4, 0.5) is 0 Å². The molecule has 0 aliphatic carbocycles. The predicted octanol–water partition coefficient (Wildman–Crippen LogP) is 1.04. The minimum Gasteiger partial charge on any atom is -0.492 e. The lowest BCUT2D eigenvalue weighted by atomic mass is 10.1. The number of hydrogen-bond acceptors (Lipinski definition) is 5. The Kier molecular flexibility index (Phi) is 2.99. The molecule has 0 amide bonds. The summed E-state index contributed by atoms with van der Waals surface area (Å²) in [7, 11) is 1.43. The van der Waals surface area contributed by atoms with Crippen LogP contribution in [0.2, 0.25) is 5.02 Å². The van der Waals surface area contributed by atoms with Crippen molar-refractivity contribution in [2.45, 2.75) is 0 Å². The highest BCUT2D eigenvalue weighted by atomic mass is 35.5. The molecule has 0 bridgehead atoms. The van der Waals surface area contributed by atoms with Crippen LogP contribution in [0.3, 0.4) is 0 Å². The molecule has 106 valence electrons. The molecule has 2 heterocycles. The summed E-state index contributed by atoms with van der Waals surface area (Å²) in [6, 6.07) is 6.56. The van der Waals surface area contributed by atoms with Crippen LogP contribution in [0.15, 0.2) is 33.9 Å². The van der Waals surface area contributed by atoms with Crippen LogP contribution in [0.1, 0.15) is 0 Å². The van der Waals surface area contributed by atoms with Crippen molar-refractivity contribution in [2.75, 3.05) is 0 Å². The van der Waals surface area contributed by atoms with Gasteiger partial charge in [-0.25, -0.2) is 9.78 Å². The molecule has 2 aromatic heterocycles. The summed E-state index contributed by atoms with van der Waals surface area (Å²) in [5, 5.41) is 10.5. The van der Waals surface area contributed by atoms with Crippen molar-refractivity contribution in [1.29, 1.82) is 0 Å². The van der Waals surface area contributed by atoms with E-state index in [-0.39, 0.29) is 22.7 Å². The van der Waals surface area contributed by atoms with E-state index in [9.17, 15) is 14.7 Å². The van der Waals surface area contributed by atoms with Crippen molar-refractivity contribution >= 4 is 22.8 Å². The Labute approximate surface area is 122 Å². The number of benzene rings is 1. The summed E-state index contributed by atoms with van der Waals surface area (Å²) in [5.74, 6) is -0.370. The first kappa shape index (κ1) is 13.3. The Hall–Kier alpha value is -2.67. The lowest BCUT2D eigenvalue weighted by Crippen LogP contribution is -2.29. The topological polar surface area (TPSA) is 101 Å². The summed E-state index contributed by atoms with van der Waals surface area (Å²) >= 11 is 5.81. The third-order valence-electron chi connectivity index (χ3n) is 3.03. The number of hydrogen-bond donors (Lipinski definition) is 2. The minimum absolute atomic E-state index is 0.0129. The molecule has 0 fully saturated rings. The van der Waals surface area contributed by atoms with Gasteiger partial charge in [-0.2, -0.15) is 4.98 Å². The number of H-pyrrole nitrogens is 1. The highest BCUT2D eigenvalue weighted by Crippen LogP contribution is 2.27. The van der Waals surface area contributed by atoms with Crippen LogP contribution in [-0.2, 0) is 7.05 Å². The van der Waals surface area contributed by atoms with E-state index < -0.39 is 11.2 Å². The Bertz CT molecular complexity index is 960. The lowest BCUT2D eigenvalue weighted by Gasteiger charge is -2.07. The zero-order valence-corrected chi connectivity index (χ0v) is 11.5. The highest BCUT2D eigenvalue weighted by molar-refractivity contribution is 6.30. The number of fused-ring (bicyclic) bond motifs is 1. The first-order valence-corrected chi connectivity index (χ1v) is 6.31. The van der Waals surface area contributed by atoms with Crippen LogP contribution in [0.25, 0.3) is 22.4 Å². The zero-order valence-electron chi connectivity index (χ0n) is 10.8. The third-order valence-corrected chi connectivity index (χ3v) is 3.29. The fourth-order valence-corrected chi connectivity index (χ4v) is 2.07. The van der Waals surface area contributed by atoms with Crippen molar-refractivity contribution in [1.82, 2.24) is 19.5 Å². The molecular formula is C13H9ClN4O3. The largest absolute Gasteiger partial charge is 0.492 e. The maximum atomic E-state index is 11.8. The van der Waals surface area contributed by atoms with Crippen molar-refractivity contribution in [3.63, 3.8) is 0 Å². The maximum Gasteiger partial charge on any atom is 0.329 e. The molecular weight excluding hydrogens is 296 g/mol. The van der Waals surface area contributed by atoms with Crippen LogP contribution < -0.4 is 11.2 Å². The van der Waals surface area contributed by atoms with Gasteiger partial charge in [0.05, 0.1) is 0 Å². The molecule has 0 radical (unpaired) electrons. The fraction of sp³-hybridized carbons (Fsp3) is 0.0769. The van der Waals surface area contributed by atoms with E-state index in [1.165, 1.54) is 7.05 Å². The number of halogens is 1. The summed E-state index contributed by atoms with van der Waals surface area (Å²) < 4.78 is 1.11. The molecule has 21 heavy (non-hydrogen) atoms. The van der Waals surface area contributed by atoms with Gasteiger partial charge >= 0.3 is 5.69 Å². The molecule has 1 aromatic carbocycles. The fourth-order valence-electron chi connectivity index (χ4n) is 1.94. The Morgan fingerprint density at radius 2 is 1.86 bits per heavy atom. The standard InChI is InChI=1S/C13H9ClN4O3/c1-18-10-9(12(20)17-13(18)21)15-8(11(19)16-10)6-2-4-7(14)5-3-6/h2-5H,1H3,(H,16,19)(H,17,20,21). The van der Waals surface area contributed by atoms with E-state index in [2.05, 4.69) is 15.0 Å². The number of aromatic nitrogens is 4. The van der Waals surface area contributed by atoms with Gasteiger partial charge in [-0.15, -0.1) is 0 Å². The molecule has 0 aliphatic rings. The monoisotopic (exact) mass is 304 g/mol. The second kappa shape index (κ2) is 4.71. The molecule has 0 unspecified atom stereocenters. The highest BCUT2D eigenvalue weighted by Gasteiger charge is 2.14. The van der Waals surface area contributed by atoms with E-state index in [4.69, 9.17) is 11.6 Å². The average Bonchev–Trinajstić information content (AvgIpc) is 2.45. The number of rotatable bonds is 1. The Balaban J connectivity index is 2.36. The van der Waals surface area contributed by atoms with Crippen molar-refractivity contribution in [3.05, 3.63) is 50.1 Å². The number of nitrogens with zero attached hydrogens (tertiary/aromatic N) is 3. The van der Waals surface area contributed by atoms with E-state index in [1.54, 1.807) is 24.3 Å². The molecule has 3 aromatic rings. The van der Waals surface area contributed by atoms with E-state index in [0.29, 0.717) is 10.6 Å². The van der Waals surface area contributed by atoms with Gasteiger partial charge in [-0.1, -0.05) is 23.7 Å². The van der Waals surface area contributed by atoms with Gasteiger partial charge in [0, 0.05) is 17.6 Å². The molecule has 0 saturated heterocycles. The number of nitrogens with one attached hydrogen (secondary N) is 1. The quantitative estimate of drug-likeness (QED) is 0.699. The molecule has 0 saturated carbocycles. The first-order chi connectivity index (χ1) is 9.97. The average molecular weight is 305 g/mol. The maximum absolute atomic E-state index is 11.8. The normalized spacial score (nSPS) is 11.0. The van der Waals surface area contributed by atoms with Crippen LogP contribution in [-0.4, -0.2) is 24.6 Å². The molecule has 8 heteroatoms. The van der Waals surface area contributed by atoms with E-state index >= 15 is 0 Å². The predicted molar refractivity (Wildman–Crippen MR) is 77.5 cm³/mol. The summed E-state index contributed by atoms with van der Waals surface area (Å²) in [4.78, 5) is 33.5. The molecule has 0 atom stereocenters. The summed E-state index contributed by atoms with van der Waals surface area (Å²) in [6.07, 6.45) is 0. The molecule has 7 nitrogen and oxygen atoms in total. The van der Waals surface area contributed by atoms with Crippen LogP contribution >= 0.6 is 11.6 Å². The zero-order chi connectivity index (χ0) is 15.1. The minimum atomic E-state index is -0.657. The molecule has 0 spiro atoms. The number of aromatic amines is 1. The van der Waals surface area contributed by atoms with Crippen LogP contribution in [0, 0.1) is 0 Å². The van der Waals surface area contributed by atoms with Gasteiger partial charge in [0.2, 0.25) is 5.88 Å². The molecule has 3 rings (SSSR count). The van der Waals surface area contributed by atoms with Gasteiger partial charge in [0.15, 0.2) is 11.2 Å². The second-order valence-corrected chi connectivity index (χ2v) is 4.83. The van der Waals surface area contributed by atoms with Gasteiger partial charge in [-0.3, -0.25) is 14.3 Å². The van der Waals surface area contributed by atoms with E-state index in [1.807, 2.05) is 0 Å². The lowest BCUT2D eigenvalue weighted by molar-refractivity contribution is 0.454. The van der Waals surface area contributed by atoms with Gasteiger partial charge in [-0.05, 0) is 12.1 Å². The van der Waals surface area contributed by atoms with Crippen molar-refractivity contribution in [2.24, 2.45) is 7.05 Å². The second-order valence-electron chi connectivity index (χ2n) is 4.39. The smallest absolute Gasteiger partial charge is 0.329 e. The van der Waals surface area contributed by atoms with Crippen molar-refractivity contribution < 1.29 is 5.11 Å². The Morgan fingerprint density at radius 1 is 1.19 bits per heavy atom. The van der Waals surface area contributed by atoms with E-state index in [0.717, 1.165) is 4.57 Å². The number of aryl methyl sites for hydroxylation is 1.